The summed E-state index contributed by atoms with van der Waals surface area (Å²) in [5.41, 5.74) is 1.41. The third-order valence-corrected chi connectivity index (χ3v) is 8.82. The Morgan fingerprint density at radius 2 is 1.22 bits per heavy atom. The van der Waals surface area contributed by atoms with Crippen LogP contribution in [0.5, 0.6) is 23.0 Å². The maximum atomic E-state index is 11.0. The first-order valence-corrected chi connectivity index (χ1v) is 18.9. The minimum absolute atomic E-state index is 0.0112. The highest BCUT2D eigenvalue weighted by atomic mass is 28.3. The summed E-state index contributed by atoms with van der Waals surface area (Å²) in [7, 11) is -1.11. The van der Waals surface area contributed by atoms with E-state index in [1.54, 1.807) is 24.3 Å². The molecule has 2 atom stereocenters. The second-order valence-electron chi connectivity index (χ2n) is 12.1. The lowest BCUT2D eigenvalue weighted by molar-refractivity contribution is 0.0122. The first kappa shape index (κ1) is 33.9. The summed E-state index contributed by atoms with van der Waals surface area (Å²) in [4.78, 5) is 13.8. The summed E-state index contributed by atoms with van der Waals surface area (Å²) in [6.45, 7) is 9.71. The van der Waals surface area contributed by atoms with Crippen LogP contribution < -0.4 is 9.47 Å². The molecule has 3 aromatic carbocycles. The van der Waals surface area contributed by atoms with Crippen molar-refractivity contribution in [3.05, 3.63) is 66.7 Å². The van der Waals surface area contributed by atoms with Gasteiger partial charge in [0.15, 0.2) is 17.5 Å². The lowest BCUT2D eigenvalue weighted by Crippen LogP contribution is -2.24. The molecule has 4 N–H and O–H groups in total. The number of phenolic OH excluding ortho intramolecular Hbond substituents is 2. The predicted octanol–water partition coefficient (Wildman–Crippen LogP) is 5.92. The van der Waals surface area contributed by atoms with Crippen LogP contribution in [-0.4, -0.2) is 82.1 Å². The number of phenols is 2. The average molecular weight is 634 g/mol. The molecule has 45 heavy (non-hydrogen) atoms. The predicted molar refractivity (Wildman–Crippen MR) is 176 cm³/mol. The fourth-order valence-electron chi connectivity index (χ4n) is 4.39. The van der Waals surface area contributed by atoms with Crippen LogP contribution in [0.3, 0.4) is 0 Å². The van der Waals surface area contributed by atoms with E-state index in [9.17, 15) is 20.4 Å². The van der Waals surface area contributed by atoms with Crippen LogP contribution in [0.2, 0.25) is 25.7 Å². The Kier molecular flexibility index (Phi) is 11.9. The van der Waals surface area contributed by atoms with Gasteiger partial charge in [-0.3, -0.25) is 0 Å². The SMILES string of the molecule is CCC(O)COc1ccc(-c2nc(-c3ccccc3)nc(-c3ccc(OCC(O)COCCC[Si](C)(C)C)cc3O)n2)c(O)c1. The van der Waals surface area contributed by atoms with Crippen LogP contribution in [0.25, 0.3) is 34.2 Å². The van der Waals surface area contributed by atoms with E-state index in [1.165, 1.54) is 18.2 Å². The summed E-state index contributed by atoms with van der Waals surface area (Å²) in [5.74, 6) is 1.28. The molecule has 0 saturated carbocycles. The van der Waals surface area contributed by atoms with Crippen molar-refractivity contribution in [2.75, 3.05) is 26.4 Å². The third-order valence-electron chi connectivity index (χ3n) is 6.97. The third kappa shape index (κ3) is 10.3. The Hall–Kier alpha value is -4.03. The maximum absolute atomic E-state index is 11.0. The molecule has 1 heterocycles. The molecule has 4 aromatic rings. The highest BCUT2D eigenvalue weighted by molar-refractivity contribution is 6.76. The van der Waals surface area contributed by atoms with E-state index >= 15 is 0 Å². The van der Waals surface area contributed by atoms with Crippen LogP contribution in [0.4, 0.5) is 0 Å². The number of rotatable bonds is 16. The molecular weight excluding hydrogens is 590 g/mol. The Morgan fingerprint density at radius 1 is 0.689 bits per heavy atom. The van der Waals surface area contributed by atoms with E-state index in [0.29, 0.717) is 41.5 Å². The molecule has 0 aliphatic heterocycles. The number of hydrogen-bond acceptors (Lipinski definition) is 10. The molecule has 11 heteroatoms. The number of nitrogens with zero attached hydrogens (tertiary/aromatic N) is 3. The van der Waals surface area contributed by atoms with Gasteiger partial charge in [-0.25, -0.2) is 15.0 Å². The lowest BCUT2D eigenvalue weighted by atomic mass is 10.1. The normalized spacial score (nSPS) is 12.9. The molecule has 0 bridgehead atoms. The summed E-state index contributed by atoms with van der Waals surface area (Å²) in [5, 5.41) is 41.9. The molecule has 240 valence electrons. The second kappa shape index (κ2) is 15.8. The van der Waals surface area contributed by atoms with Gasteiger partial charge in [0.05, 0.1) is 23.8 Å². The number of hydrogen-bond donors (Lipinski definition) is 4. The van der Waals surface area contributed by atoms with Gasteiger partial charge in [0.1, 0.15) is 42.3 Å². The topological polar surface area (TPSA) is 147 Å². The van der Waals surface area contributed by atoms with Crippen molar-refractivity contribution in [1.29, 1.82) is 0 Å². The minimum atomic E-state index is -1.11. The van der Waals surface area contributed by atoms with Crippen LogP contribution in [0.1, 0.15) is 19.8 Å². The van der Waals surface area contributed by atoms with Crippen LogP contribution in [0.15, 0.2) is 66.7 Å². The summed E-state index contributed by atoms with van der Waals surface area (Å²) in [6, 6.07) is 20.0. The Labute approximate surface area is 265 Å². The number of aromatic nitrogens is 3. The van der Waals surface area contributed by atoms with Gasteiger partial charge in [0.2, 0.25) is 0 Å². The number of aliphatic hydroxyl groups is 2. The van der Waals surface area contributed by atoms with E-state index in [2.05, 4.69) is 34.6 Å². The van der Waals surface area contributed by atoms with E-state index in [-0.39, 0.29) is 43.0 Å². The van der Waals surface area contributed by atoms with E-state index in [0.717, 1.165) is 12.0 Å². The molecule has 0 fully saturated rings. The molecule has 10 nitrogen and oxygen atoms in total. The minimum Gasteiger partial charge on any atom is -0.507 e. The largest absolute Gasteiger partial charge is 0.507 e. The maximum Gasteiger partial charge on any atom is 0.167 e. The monoisotopic (exact) mass is 633 g/mol. The fraction of sp³-hybridized carbons (Fsp3) is 0.382. The van der Waals surface area contributed by atoms with Gasteiger partial charge in [0.25, 0.3) is 0 Å². The lowest BCUT2D eigenvalue weighted by Gasteiger charge is -2.16. The molecule has 0 aliphatic rings. The Morgan fingerprint density at radius 3 is 1.73 bits per heavy atom. The van der Waals surface area contributed by atoms with E-state index < -0.39 is 20.3 Å². The van der Waals surface area contributed by atoms with Crippen LogP contribution in [0, 0.1) is 0 Å². The van der Waals surface area contributed by atoms with E-state index in [4.69, 9.17) is 14.2 Å². The van der Waals surface area contributed by atoms with Gasteiger partial charge >= 0.3 is 0 Å². The van der Waals surface area contributed by atoms with Gasteiger partial charge in [0, 0.05) is 32.4 Å². The van der Waals surface area contributed by atoms with Crippen molar-refractivity contribution in [1.82, 2.24) is 15.0 Å². The highest BCUT2D eigenvalue weighted by Gasteiger charge is 2.18. The molecule has 1 aromatic heterocycles. The van der Waals surface area contributed by atoms with Gasteiger partial charge in [-0.1, -0.05) is 62.9 Å². The summed E-state index contributed by atoms with van der Waals surface area (Å²) in [6.07, 6.45) is 0.117. The number of aliphatic hydroxyl groups excluding tert-OH is 2. The zero-order valence-corrected chi connectivity index (χ0v) is 27.3. The quantitative estimate of drug-likeness (QED) is 0.0866. The van der Waals surface area contributed by atoms with Crippen molar-refractivity contribution < 1.29 is 34.6 Å². The fourth-order valence-corrected chi connectivity index (χ4v) is 5.59. The molecular formula is C34H43N3O7Si. The van der Waals surface area contributed by atoms with Crippen molar-refractivity contribution >= 4 is 8.07 Å². The first-order valence-electron chi connectivity index (χ1n) is 15.2. The standard InChI is InChI=1S/C34H43N3O7Si/c1-5-24(38)21-43-26-12-14-28(30(40)18-26)33-35-32(23-10-7-6-8-11-23)36-34(37-33)29-15-13-27(19-31(29)41)44-22-25(39)20-42-16-9-17-45(2,3)4/h6-8,10-15,18-19,24-25,38-41H,5,9,16-17,20-22H2,1-4H3. The molecule has 2 unspecified atom stereocenters. The highest BCUT2D eigenvalue weighted by Crippen LogP contribution is 2.35. The van der Waals surface area contributed by atoms with Crippen molar-refractivity contribution in [2.24, 2.45) is 0 Å². The summed E-state index contributed by atoms with van der Waals surface area (Å²) >= 11 is 0. The second-order valence-corrected chi connectivity index (χ2v) is 17.7. The zero-order valence-electron chi connectivity index (χ0n) is 26.3. The molecule has 0 aliphatic carbocycles. The van der Waals surface area contributed by atoms with Gasteiger partial charge in [-0.15, -0.1) is 0 Å². The van der Waals surface area contributed by atoms with Crippen LogP contribution >= 0.6 is 0 Å². The Bertz CT molecular complexity index is 1530. The molecule has 0 radical (unpaired) electrons. The van der Waals surface area contributed by atoms with Crippen molar-refractivity contribution in [3.8, 4) is 57.2 Å². The average Bonchev–Trinajstić information content (AvgIpc) is 3.02. The van der Waals surface area contributed by atoms with Crippen molar-refractivity contribution in [2.45, 2.75) is 57.7 Å². The molecule has 4 rings (SSSR count). The summed E-state index contributed by atoms with van der Waals surface area (Å²) < 4.78 is 16.9. The van der Waals surface area contributed by atoms with Gasteiger partial charge in [-0.2, -0.15) is 0 Å². The number of aromatic hydroxyl groups is 2. The smallest absolute Gasteiger partial charge is 0.167 e. The van der Waals surface area contributed by atoms with Crippen molar-refractivity contribution in [3.63, 3.8) is 0 Å². The first-order chi connectivity index (χ1) is 21.5. The molecule has 0 saturated heterocycles. The molecule has 0 amide bonds. The molecule has 0 spiro atoms. The number of ether oxygens (including phenoxy) is 3. The van der Waals surface area contributed by atoms with Crippen LogP contribution in [-0.2, 0) is 4.74 Å². The Balaban J connectivity index is 1.52. The van der Waals surface area contributed by atoms with E-state index in [1.807, 2.05) is 37.3 Å². The zero-order chi connectivity index (χ0) is 32.4. The van der Waals surface area contributed by atoms with Gasteiger partial charge in [-0.05, 0) is 37.1 Å². The number of benzene rings is 3. The van der Waals surface area contributed by atoms with Gasteiger partial charge < -0.3 is 34.6 Å².